The third-order valence-electron chi connectivity index (χ3n) is 8.93. The number of nitrogens with zero attached hydrogens (tertiary/aromatic N) is 2. The van der Waals surface area contributed by atoms with E-state index in [0.29, 0.717) is 46.6 Å². The van der Waals surface area contributed by atoms with E-state index in [2.05, 4.69) is 48.4 Å². The molecule has 0 radical (unpaired) electrons. The fourth-order valence-electron chi connectivity index (χ4n) is 5.64. The van der Waals surface area contributed by atoms with Crippen molar-refractivity contribution in [1.82, 2.24) is 20.4 Å². The van der Waals surface area contributed by atoms with Crippen LogP contribution in [0, 0.1) is 22.7 Å². The Hall–Kier alpha value is -2.52. The first-order valence-corrected chi connectivity index (χ1v) is 17.1. The van der Waals surface area contributed by atoms with Gasteiger partial charge in [0.2, 0.25) is 11.8 Å². The minimum atomic E-state index is -0.609. The van der Waals surface area contributed by atoms with Crippen LogP contribution in [0.25, 0.3) is 0 Å². The van der Waals surface area contributed by atoms with E-state index in [9.17, 15) is 9.59 Å². The average molecular weight is 678 g/mol. The monoisotopic (exact) mass is 676 g/mol. The highest BCUT2D eigenvalue weighted by molar-refractivity contribution is 6.32. The highest BCUT2D eigenvalue weighted by Gasteiger charge is 2.34. The van der Waals surface area contributed by atoms with Crippen molar-refractivity contribution in [1.29, 1.82) is 0 Å². The summed E-state index contributed by atoms with van der Waals surface area (Å²) in [6.07, 6.45) is 1.98. The number of halogens is 2. The smallest absolute Gasteiger partial charge is 0.229 e. The number of ether oxygens (including phenoxy) is 2. The van der Waals surface area contributed by atoms with Crippen LogP contribution in [-0.2, 0) is 9.59 Å². The molecule has 2 aliphatic heterocycles. The molecule has 4 rings (SSSR count). The summed E-state index contributed by atoms with van der Waals surface area (Å²) in [5, 5.41) is 7.53. The van der Waals surface area contributed by atoms with Gasteiger partial charge in [-0.25, -0.2) is 0 Å². The molecule has 0 spiro atoms. The molecule has 0 aromatic heterocycles. The number of likely N-dealkylation sites (tertiary alicyclic amines) is 2. The molecule has 256 valence electrons. The van der Waals surface area contributed by atoms with E-state index < -0.39 is 10.8 Å². The molecular weight excluding hydrogens is 623 g/mol. The van der Waals surface area contributed by atoms with Gasteiger partial charge in [0, 0.05) is 25.2 Å². The normalized spacial score (nSPS) is 22.7. The average Bonchev–Trinajstić information content (AvgIpc) is 2.99. The standard InChI is InChI=1S/2C18H27ClN2O2/c2*1-13-11-21(4)10-9-15(13)20-17(22)18(2,3)12-23-16-8-6-5-7-14(16)19/h2*5-8,13,15H,9-12H2,1-4H3,(H,20,22)/t2*13-,15-/m10/s1. The Balaban J connectivity index is 0.000000250. The molecule has 2 aliphatic rings. The minimum Gasteiger partial charge on any atom is -0.491 e. The van der Waals surface area contributed by atoms with Crippen molar-refractivity contribution in [3.05, 3.63) is 58.6 Å². The van der Waals surface area contributed by atoms with Crippen LogP contribution >= 0.6 is 23.2 Å². The Morgan fingerprint density at radius 2 is 1.07 bits per heavy atom. The van der Waals surface area contributed by atoms with Gasteiger partial charge < -0.3 is 29.9 Å². The van der Waals surface area contributed by atoms with Gasteiger partial charge in [0.15, 0.2) is 0 Å². The lowest BCUT2D eigenvalue weighted by atomic mass is 9.89. The number of amides is 2. The van der Waals surface area contributed by atoms with E-state index in [1.54, 1.807) is 12.1 Å². The van der Waals surface area contributed by atoms with E-state index in [1.807, 2.05) is 64.1 Å². The number of nitrogens with one attached hydrogen (secondary N) is 2. The van der Waals surface area contributed by atoms with E-state index in [-0.39, 0.29) is 23.9 Å². The molecule has 0 unspecified atom stereocenters. The quantitative estimate of drug-likeness (QED) is 0.303. The fourth-order valence-corrected chi connectivity index (χ4v) is 6.02. The lowest BCUT2D eigenvalue weighted by Gasteiger charge is -2.37. The maximum absolute atomic E-state index is 12.6. The largest absolute Gasteiger partial charge is 0.491 e. The molecule has 0 bridgehead atoms. The van der Waals surface area contributed by atoms with Crippen LogP contribution in [0.1, 0.15) is 54.4 Å². The van der Waals surface area contributed by atoms with Gasteiger partial charge in [-0.1, -0.05) is 61.3 Å². The van der Waals surface area contributed by atoms with Gasteiger partial charge >= 0.3 is 0 Å². The summed E-state index contributed by atoms with van der Waals surface area (Å²) in [5.74, 6) is 2.21. The van der Waals surface area contributed by atoms with Crippen LogP contribution in [0.2, 0.25) is 10.0 Å². The van der Waals surface area contributed by atoms with Crippen molar-refractivity contribution >= 4 is 35.0 Å². The van der Waals surface area contributed by atoms with E-state index >= 15 is 0 Å². The van der Waals surface area contributed by atoms with Gasteiger partial charge in [-0.2, -0.15) is 0 Å². The van der Waals surface area contributed by atoms with E-state index in [4.69, 9.17) is 32.7 Å². The summed E-state index contributed by atoms with van der Waals surface area (Å²) in [6, 6.07) is 15.1. The van der Waals surface area contributed by atoms with Gasteiger partial charge in [-0.15, -0.1) is 0 Å². The molecule has 4 atom stereocenters. The number of benzene rings is 2. The number of carbonyl (C=O) groups excluding carboxylic acids is 2. The number of hydrogen-bond acceptors (Lipinski definition) is 6. The van der Waals surface area contributed by atoms with Crippen LogP contribution in [0.15, 0.2) is 48.5 Å². The van der Waals surface area contributed by atoms with Gasteiger partial charge in [0.25, 0.3) is 0 Å². The first-order chi connectivity index (χ1) is 21.6. The molecule has 2 fully saturated rings. The third kappa shape index (κ3) is 11.3. The van der Waals surface area contributed by atoms with Crippen molar-refractivity contribution < 1.29 is 19.1 Å². The Morgan fingerprint density at radius 3 is 1.39 bits per heavy atom. The second-order valence-electron chi connectivity index (χ2n) is 14.4. The van der Waals surface area contributed by atoms with Gasteiger partial charge in [-0.3, -0.25) is 9.59 Å². The van der Waals surface area contributed by atoms with Gasteiger partial charge in [-0.05, 0) is 104 Å². The first-order valence-electron chi connectivity index (χ1n) is 16.3. The van der Waals surface area contributed by atoms with Crippen molar-refractivity contribution in [3.8, 4) is 11.5 Å². The van der Waals surface area contributed by atoms with Crippen molar-refractivity contribution in [3.63, 3.8) is 0 Å². The summed E-state index contributed by atoms with van der Waals surface area (Å²) >= 11 is 12.2. The first kappa shape index (κ1) is 37.9. The molecular formula is C36H54Cl2N4O4. The molecule has 46 heavy (non-hydrogen) atoms. The molecule has 2 heterocycles. The zero-order valence-electron chi connectivity index (χ0n) is 28.9. The maximum Gasteiger partial charge on any atom is 0.229 e. The summed E-state index contributed by atoms with van der Waals surface area (Å²) in [6.45, 7) is 16.6. The fraction of sp³-hybridized carbons (Fsp3) is 0.611. The van der Waals surface area contributed by atoms with Crippen LogP contribution in [0.5, 0.6) is 11.5 Å². The van der Waals surface area contributed by atoms with Crippen molar-refractivity contribution in [2.45, 2.75) is 66.5 Å². The zero-order chi connectivity index (χ0) is 34.1. The molecule has 2 saturated heterocycles. The molecule has 0 saturated carbocycles. The van der Waals surface area contributed by atoms with Crippen LogP contribution < -0.4 is 20.1 Å². The van der Waals surface area contributed by atoms with Gasteiger partial charge in [0.1, 0.15) is 24.7 Å². The number of piperidine rings is 2. The molecule has 10 heteroatoms. The number of carbonyl (C=O) groups is 2. The summed E-state index contributed by atoms with van der Waals surface area (Å²) in [4.78, 5) is 29.9. The minimum absolute atomic E-state index is 0.0333. The summed E-state index contributed by atoms with van der Waals surface area (Å²) in [5.41, 5.74) is -1.22. The van der Waals surface area contributed by atoms with E-state index in [0.717, 1.165) is 39.0 Å². The lowest BCUT2D eigenvalue weighted by molar-refractivity contribution is -0.133. The number of rotatable bonds is 10. The van der Waals surface area contributed by atoms with Gasteiger partial charge in [0.05, 0.1) is 20.9 Å². The van der Waals surface area contributed by atoms with Crippen molar-refractivity contribution in [2.75, 3.05) is 53.5 Å². The van der Waals surface area contributed by atoms with Crippen LogP contribution in [-0.4, -0.2) is 87.2 Å². The zero-order valence-corrected chi connectivity index (χ0v) is 30.4. The van der Waals surface area contributed by atoms with E-state index in [1.165, 1.54) is 0 Å². The highest BCUT2D eigenvalue weighted by atomic mass is 35.5. The Labute approximate surface area is 286 Å². The topological polar surface area (TPSA) is 83.1 Å². The molecule has 2 N–H and O–H groups in total. The van der Waals surface area contributed by atoms with Crippen LogP contribution in [0.4, 0.5) is 0 Å². The molecule has 8 nitrogen and oxygen atoms in total. The molecule has 2 aromatic rings. The molecule has 2 aromatic carbocycles. The molecule has 2 amide bonds. The van der Waals surface area contributed by atoms with Crippen LogP contribution in [0.3, 0.4) is 0 Å². The Kier molecular flexibility index (Phi) is 14.1. The maximum atomic E-state index is 12.6. The predicted octanol–water partition coefficient (Wildman–Crippen LogP) is 6.40. The second-order valence-corrected chi connectivity index (χ2v) is 15.2. The highest BCUT2D eigenvalue weighted by Crippen LogP contribution is 2.28. The predicted molar refractivity (Wildman–Crippen MR) is 188 cm³/mol. The third-order valence-corrected chi connectivity index (χ3v) is 9.55. The van der Waals surface area contributed by atoms with Crippen molar-refractivity contribution in [2.24, 2.45) is 22.7 Å². The SMILES string of the molecule is C[C@@H]1CN(C)CC[C@H]1NC(=O)C(C)(C)COc1ccccc1Cl.C[C@H]1CN(C)CC[C@@H]1NC(=O)C(C)(C)COc1ccccc1Cl. The Bertz CT molecular complexity index is 1190. The summed E-state index contributed by atoms with van der Waals surface area (Å²) in [7, 11) is 4.24. The summed E-state index contributed by atoms with van der Waals surface area (Å²) < 4.78 is 11.5. The number of hydrogen-bond donors (Lipinski definition) is 2. The molecule has 0 aliphatic carbocycles. The Morgan fingerprint density at radius 1 is 0.717 bits per heavy atom. The second kappa shape index (κ2) is 17.0. The number of para-hydroxylation sites is 2. The lowest BCUT2D eigenvalue weighted by Crippen LogP contribution is -2.52.